The number of nitrogens with one attached hydrogen (secondary N) is 2. The molecule has 0 radical (unpaired) electrons. The molecule has 0 atom stereocenters. The van der Waals surface area contributed by atoms with Gasteiger partial charge in [-0.15, -0.1) is 0 Å². The van der Waals surface area contributed by atoms with Gasteiger partial charge in [0.2, 0.25) is 0 Å². The van der Waals surface area contributed by atoms with Gasteiger partial charge in [0.15, 0.2) is 0 Å². The van der Waals surface area contributed by atoms with Crippen LogP contribution in [0, 0.1) is 0 Å². The van der Waals surface area contributed by atoms with E-state index in [4.69, 9.17) is 5.11 Å². The highest BCUT2D eigenvalue weighted by molar-refractivity contribution is 5.08. The number of hydrogen-bond donors (Lipinski definition) is 3. The molecule has 0 amide bonds. The summed E-state index contributed by atoms with van der Waals surface area (Å²) in [5, 5.41) is 14.5. The van der Waals surface area contributed by atoms with Gasteiger partial charge in [0.25, 0.3) is 0 Å². The number of hydrogen-bond acceptors (Lipinski definition) is 3. The topological polar surface area (TPSA) is 44.3 Å². The van der Waals surface area contributed by atoms with Gasteiger partial charge in [-0.2, -0.15) is 0 Å². The molecule has 3 heteroatoms. The third-order valence-corrected chi connectivity index (χ3v) is 1.15. The van der Waals surface area contributed by atoms with Gasteiger partial charge < -0.3 is 15.7 Å². The molecule has 0 aliphatic heterocycles. The van der Waals surface area contributed by atoms with E-state index in [0.717, 1.165) is 5.82 Å². The van der Waals surface area contributed by atoms with Gasteiger partial charge in [-0.25, -0.2) is 0 Å². The van der Waals surface area contributed by atoms with Crippen LogP contribution >= 0.6 is 0 Å². The normalized spacial score (nSPS) is 12.1. The Morgan fingerprint density at radius 1 is 1.55 bits per heavy atom. The van der Waals surface area contributed by atoms with Crippen LogP contribution in [0.3, 0.4) is 0 Å². The smallest absolute Gasteiger partial charge is 0.0984 e. The summed E-state index contributed by atoms with van der Waals surface area (Å²) in [5.74, 6) is 0.914. The van der Waals surface area contributed by atoms with E-state index in [9.17, 15) is 0 Å². The molecule has 0 spiro atoms. The second-order valence-electron chi connectivity index (χ2n) is 2.01. The second kappa shape index (κ2) is 7.15. The molecule has 0 aromatic rings. The SMILES string of the molecule is C/C=C\C=C(/NC)NCCO. The average molecular weight is 156 g/mol. The van der Waals surface area contributed by atoms with Gasteiger partial charge in [0, 0.05) is 13.6 Å². The largest absolute Gasteiger partial charge is 0.395 e. The summed E-state index contributed by atoms with van der Waals surface area (Å²) >= 11 is 0. The van der Waals surface area contributed by atoms with E-state index in [0.29, 0.717) is 6.54 Å². The van der Waals surface area contributed by atoms with Crippen LogP contribution in [0.25, 0.3) is 0 Å². The van der Waals surface area contributed by atoms with E-state index in [1.807, 2.05) is 32.2 Å². The lowest BCUT2D eigenvalue weighted by atomic mass is 10.4. The standard InChI is InChI=1S/C8H16N2O/c1-3-4-5-8(9-2)10-6-7-11/h3-5,9-11H,6-7H2,1-2H3/b4-3-,8-5+. The number of allylic oxidation sites excluding steroid dienone is 3. The fourth-order valence-corrected chi connectivity index (χ4v) is 0.614. The van der Waals surface area contributed by atoms with Crippen molar-refractivity contribution in [2.75, 3.05) is 20.2 Å². The van der Waals surface area contributed by atoms with E-state index in [2.05, 4.69) is 10.6 Å². The first-order valence-corrected chi connectivity index (χ1v) is 3.70. The Bertz CT molecular complexity index is 141. The number of aliphatic hydroxyl groups is 1. The zero-order valence-corrected chi connectivity index (χ0v) is 7.09. The lowest BCUT2D eigenvalue weighted by molar-refractivity contribution is 0.296. The Morgan fingerprint density at radius 2 is 2.27 bits per heavy atom. The second-order valence-corrected chi connectivity index (χ2v) is 2.01. The van der Waals surface area contributed by atoms with Gasteiger partial charge >= 0.3 is 0 Å². The summed E-state index contributed by atoms with van der Waals surface area (Å²) in [5.41, 5.74) is 0. The summed E-state index contributed by atoms with van der Waals surface area (Å²) in [4.78, 5) is 0. The lowest BCUT2D eigenvalue weighted by Gasteiger charge is -2.07. The zero-order valence-electron chi connectivity index (χ0n) is 7.09. The molecule has 0 fully saturated rings. The van der Waals surface area contributed by atoms with Crippen LogP contribution in [0.1, 0.15) is 6.92 Å². The molecular weight excluding hydrogens is 140 g/mol. The Labute approximate surface area is 67.8 Å². The maximum atomic E-state index is 8.50. The van der Waals surface area contributed by atoms with Crippen molar-refractivity contribution in [3.8, 4) is 0 Å². The fourth-order valence-electron chi connectivity index (χ4n) is 0.614. The quantitative estimate of drug-likeness (QED) is 0.498. The van der Waals surface area contributed by atoms with Crippen LogP contribution in [-0.2, 0) is 0 Å². The van der Waals surface area contributed by atoms with E-state index in [1.165, 1.54) is 0 Å². The minimum absolute atomic E-state index is 0.148. The van der Waals surface area contributed by atoms with Gasteiger partial charge in [-0.1, -0.05) is 12.2 Å². The Morgan fingerprint density at radius 3 is 2.73 bits per heavy atom. The first-order chi connectivity index (χ1) is 5.35. The molecule has 0 aromatic carbocycles. The van der Waals surface area contributed by atoms with Crippen LogP contribution in [0.2, 0.25) is 0 Å². The van der Waals surface area contributed by atoms with Gasteiger partial charge in [-0.3, -0.25) is 0 Å². The van der Waals surface area contributed by atoms with Crippen molar-refractivity contribution in [2.45, 2.75) is 6.92 Å². The molecule has 0 aliphatic rings. The molecule has 0 saturated carbocycles. The molecule has 11 heavy (non-hydrogen) atoms. The van der Waals surface area contributed by atoms with Crippen molar-refractivity contribution < 1.29 is 5.11 Å². The molecule has 0 unspecified atom stereocenters. The average Bonchev–Trinajstić information content (AvgIpc) is 2.05. The highest BCUT2D eigenvalue weighted by Crippen LogP contribution is 1.82. The number of rotatable bonds is 5. The first-order valence-electron chi connectivity index (χ1n) is 3.70. The van der Waals surface area contributed by atoms with Crippen molar-refractivity contribution in [3.63, 3.8) is 0 Å². The molecule has 0 heterocycles. The summed E-state index contributed by atoms with van der Waals surface area (Å²) < 4.78 is 0. The van der Waals surface area contributed by atoms with Crippen LogP contribution in [0.15, 0.2) is 24.0 Å². The maximum Gasteiger partial charge on any atom is 0.0984 e. The molecule has 0 aliphatic carbocycles. The van der Waals surface area contributed by atoms with Gasteiger partial charge in [0.1, 0.15) is 0 Å². The Kier molecular flexibility index (Phi) is 6.53. The van der Waals surface area contributed by atoms with E-state index >= 15 is 0 Å². The molecule has 0 saturated heterocycles. The molecule has 64 valence electrons. The van der Waals surface area contributed by atoms with Crippen molar-refractivity contribution in [1.82, 2.24) is 10.6 Å². The minimum atomic E-state index is 0.148. The van der Waals surface area contributed by atoms with Crippen LogP contribution in [-0.4, -0.2) is 25.3 Å². The monoisotopic (exact) mass is 156 g/mol. The highest BCUT2D eigenvalue weighted by Gasteiger charge is 1.86. The Balaban J connectivity index is 3.73. The molecule has 3 N–H and O–H groups in total. The van der Waals surface area contributed by atoms with Crippen molar-refractivity contribution in [3.05, 3.63) is 24.0 Å². The van der Waals surface area contributed by atoms with E-state index in [1.54, 1.807) is 0 Å². The third-order valence-electron chi connectivity index (χ3n) is 1.15. The van der Waals surface area contributed by atoms with Crippen LogP contribution < -0.4 is 10.6 Å². The Hall–Kier alpha value is -0.960. The van der Waals surface area contributed by atoms with Crippen molar-refractivity contribution >= 4 is 0 Å². The first kappa shape index (κ1) is 10.0. The molecule has 3 nitrogen and oxygen atoms in total. The van der Waals surface area contributed by atoms with Crippen LogP contribution in [0.5, 0.6) is 0 Å². The minimum Gasteiger partial charge on any atom is -0.395 e. The maximum absolute atomic E-state index is 8.50. The highest BCUT2D eigenvalue weighted by atomic mass is 16.3. The fraction of sp³-hybridized carbons (Fsp3) is 0.500. The lowest BCUT2D eigenvalue weighted by Crippen LogP contribution is -2.25. The van der Waals surface area contributed by atoms with Crippen molar-refractivity contribution in [1.29, 1.82) is 0 Å². The molecular formula is C8H16N2O. The number of aliphatic hydroxyl groups excluding tert-OH is 1. The predicted molar refractivity (Wildman–Crippen MR) is 47.0 cm³/mol. The van der Waals surface area contributed by atoms with Crippen molar-refractivity contribution in [2.24, 2.45) is 0 Å². The predicted octanol–water partition coefficient (Wildman–Crippen LogP) is 0.205. The summed E-state index contributed by atoms with van der Waals surface area (Å²) in [6.07, 6.45) is 5.78. The van der Waals surface area contributed by atoms with E-state index < -0.39 is 0 Å². The molecule has 0 bridgehead atoms. The van der Waals surface area contributed by atoms with Crippen LogP contribution in [0.4, 0.5) is 0 Å². The summed E-state index contributed by atoms with van der Waals surface area (Å²) in [6.45, 7) is 2.68. The molecule has 0 rings (SSSR count). The zero-order chi connectivity index (χ0) is 8.53. The van der Waals surface area contributed by atoms with E-state index in [-0.39, 0.29) is 6.61 Å². The molecule has 0 aromatic heterocycles. The third kappa shape index (κ3) is 5.48. The van der Waals surface area contributed by atoms with Gasteiger partial charge in [-0.05, 0) is 13.0 Å². The summed E-state index contributed by atoms with van der Waals surface area (Å²) in [6, 6.07) is 0. The van der Waals surface area contributed by atoms with Gasteiger partial charge in [0.05, 0.1) is 12.4 Å². The summed E-state index contributed by atoms with van der Waals surface area (Å²) in [7, 11) is 1.83.